The average Bonchev–Trinajstić information content (AvgIpc) is 2.96. The first-order valence-corrected chi connectivity index (χ1v) is 6.50. The Hall–Kier alpha value is -2.80. The van der Waals surface area contributed by atoms with Crippen molar-refractivity contribution in [2.24, 2.45) is 0 Å². The fraction of sp³-hybridized carbons (Fsp3) is 0. The zero-order valence-electron chi connectivity index (χ0n) is 10.9. The van der Waals surface area contributed by atoms with E-state index in [1.807, 2.05) is 0 Å². The summed E-state index contributed by atoms with van der Waals surface area (Å²) < 4.78 is 14.6. The number of nitrogens with zero attached hydrogens (tertiary/aromatic N) is 4. The van der Waals surface area contributed by atoms with Gasteiger partial charge in [0, 0.05) is 18.0 Å². The lowest BCUT2D eigenvalue weighted by atomic mass is 10.1. The van der Waals surface area contributed by atoms with Crippen LogP contribution >= 0.6 is 11.6 Å². The van der Waals surface area contributed by atoms with Crippen molar-refractivity contribution in [1.29, 1.82) is 0 Å². The predicted octanol–water partition coefficient (Wildman–Crippen LogP) is 2.82. The monoisotopic (exact) mass is 318 g/mol. The lowest BCUT2D eigenvalue weighted by molar-refractivity contribution is 0.0691. The van der Waals surface area contributed by atoms with Crippen LogP contribution in [0.4, 0.5) is 4.39 Å². The van der Waals surface area contributed by atoms with Crippen molar-refractivity contribution in [3.8, 4) is 16.9 Å². The molecule has 0 saturated heterocycles. The van der Waals surface area contributed by atoms with Crippen LogP contribution < -0.4 is 0 Å². The molecule has 8 heteroatoms. The molecule has 110 valence electrons. The van der Waals surface area contributed by atoms with Gasteiger partial charge in [-0.1, -0.05) is 16.8 Å². The summed E-state index contributed by atoms with van der Waals surface area (Å²) in [5.74, 6) is -1.80. The average molecular weight is 319 g/mol. The Morgan fingerprint density at radius 2 is 2.14 bits per heavy atom. The molecular formula is C14H8ClFN4O2. The lowest BCUT2D eigenvalue weighted by Gasteiger charge is -2.07. The van der Waals surface area contributed by atoms with E-state index in [4.69, 9.17) is 11.6 Å². The largest absolute Gasteiger partial charge is 0.476 e. The zero-order valence-corrected chi connectivity index (χ0v) is 11.7. The summed E-state index contributed by atoms with van der Waals surface area (Å²) in [6.07, 6.45) is 3.06. The van der Waals surface area contributed by atoms with Crippen molar-refractivity contribution < 1.29 is 14.3 Å². The first-order valence-electron chi connectivity index (χ1n) is 6.12. The number of benzene rings is 1. The Morgan fingerprint density at radius 3 is 2.77 bits per heavy atom. The van der Waals surface area contributed by atoms with E-state index in [0.29, 0.717) is 11.3 Å². The molecule has 22 heavy (non-hydrogen) atoms. The summed E-state index contributed by atoms with van der Waals surface area (Å²) in [6.45, 7) is 0. The second kappa shape index (κ2) is 5.53. The molecule has 2 heterocycles. The number of carboxylic acids is 1. The summed E-state index contributed by atoms with van der Waals surface area (Å²) in [6, 6.07) is 7.29. The molecule has 0 amide bonds. The van der Waals surface area contributed by atoms with Gasteiger partial charge in [-0.25, -0.2) is 13.9 Å². The summed E-state index contributed by atoms with van der Waals surface area (Å²) in [5, 5.41) is 16.7. The number of hydrogen-bond acceptors (Lipinski definition) is 4. The van der Waals surface area contributed by atoms with Crippen LogP contribution in [0.1, 0.15) is 10.5 Å². The Labute approximate surface area is 128 Å². The van der Waals surface area contributed by atoms with Gasteiger partial charge in [0.2, 0.25) is 0 Å². The topological polar surface area (TPSA) is 80.9 Å². The van der Waals surface area contributed by atoms with Gasteiger partial charge in [0.05, 0.1) is 10.7 Å². The number of halogens is 2. The van der Waals surface area contributed by atoms with Gasteiger partial charge < -0.3 is 5.11 Å². The summed E-state index contributed by atoms with van der Waals surface area (Å²) in [7, 11) is 0. The first-order chi connectivity index (χ1) is 10.6. The van der Waals surface area contributed by atoms with Crippen molar-refractivity contribution in [2.45, 2.75) is 0 Å². The van der Waals surface area contributed by atoms with Crippen LogP contribution in [0.3, 0.4) is 0 Å². The Kier molecular flexibility index (Phi) is 3.56. The third-order valence-corrected chi connectivity index (χ3v) is 3.25. The highest BCUT2D eigenvalue weighted by Gasteiger charge is 2.22. The molecule has 0 radical (unpaired) electrons. The maximum atomic E-state index is 13.3. The molecule has 1 N–H and O–H groups in total. The van der Waals surface area contributed by atoms with Crippen molar-refractivity contribution >= 4 is 17.6 Å². The highest BCUT2D eigenvalue weighted by molar-refractivity contribution is 6.30. The molecule has 0 aliphatic rings. The number of carbonyl (C=O) groups is 1. The highest BCUT2D eigenvalue weighted by Crippen LogP contribution is 2.26. The molecule has 0 aliphatic carbocycles. The van der Waals surface area contributed by atoms with Gasteiger partial charge in [-0.2, -0.15) is 0 Å². The van der Waals surface area contributed by atoms with Crippen molar-refractivity contribution in [3.63, 3.8) is 0 Å². The highest BCUT2D eigenvalue weighted by atomic mass is 35.5. The molecular weight excluding hydrogens is 311 g/mol. The molecule has 0 fully saturated rings. The maximum Gasteiger partial charge on any atom is 0.358 e. The number of carboxylic acid groups (broad SMARTS) is 1. The summed E-state index contributed by atoms with van der Waals surface area (Å²) in [5.41, 5.74) is 0.923. The van der Waals surface area contributed by atoms with Gasteiger partial charge in [-0.3, -0.25) is 4.98 Å². The van der Waals surface area contributed by atoms with Crippen LogP contribution in [0.2, 0.25) is 5.02 Å². The van der Waals surface area contributed by atoms with Gasteiger partial charge in [0.25, 0.3) is 0 Å². The van der Waals surface area contributed by atoms with E-state index in [9.17, 15) is 14.3 Å². The smallest absolute Gasteiger partial charge is 0.358 e. The molecule has 0 bridgehead atoms. The quantitative estimate of drug-likeness (QED) is 0.803. The molecule has 1 aromatic carbocycles. The number of rotatable bonds is 3. The number of hydrogen-bond donors (Lipinski definition) is 1. The second-order valence-electron chi connectivity index (χ2n) is 4.34. The van der Waals surface area contributed by atoms with Crippen molar-refractivity contribution in [2.75, 3.05) is 0 Å². The van der Waals surface area contributed by atoms with Crippen LogP contribution in [-0.4, -0.2) is 31.1 Å². The Balaban J connectivity index is 2.24. The molecule has 0 aliphatic heterocycles. The van der Waals surface area contributed by atoms with Crippen LogP contribution in [0.5, 0.6) is 0 Å². The molecule has 6 nitrogen and oxygen atoms in total. The lowest BCUT2D eigenvalue weighted by Crippen LogP contribution is -2.03. The Bertz CT molecular complexity index is 851. The van der Waals surface area contributed by atoms with E-state index in [1.165, 1.54) is 29.1 Å². The van der Waals surface area contributed by atoms with E-state index in [1.54, 1.807) is 18.3 Å². The van der Waals surface area contributed by atoms with E-state index >= 15 is 0 Å². The fourth-order valence-corrected chi connectivity index (χ4v) is 2.16. The van der Waals surface area contributed by atoms with Crippen molar-refractivity contribution in [1.82, 2.24) is 20.0 Å². The number of pyridine rings is 1. The van der Waals surface area contributed by atoms with Crippen LogP contribution in [0, 0.1) is 5.82 Å². The first kappa shape index (κ1) is 14.2. The Morgan fingerprint density at radius 1 is 1.32 bits per heavy atom. The van der Waals surface area contributed by atoms with Crippen molar-refractivity contribution in [3.05, 3.63) is 59.3 Å². The normalized spacial score (nSPS) is 10.6. The third kappa shape index (κ3) is 2.42. The number of aromatic carboxylic acids is 1. The van der Waals surface area contributed by atoms with Crippen LogP contribution in [0.15, 0.2) is 42.7 Å². The van der Waals surface area contributed by atoms with Gasteiger partial charge in [-0.15, -0.1) is 5.10 Å². The third-order valence-electron chi connectivity index (χ3n) is 2.96. The number of aromatic nitrogens is 4. The molecule has 0 spiro atoms. The zero-order chi connectivity index (χ0) is 15.7. The van der Waals surface area contributed by atoms with E-state index in [2.05, 4.69) is 15.3 Å². The molecule has 3 rings (SSSR count). The minimum absolute atomic E-state index is 0.0954. The maximum absolute atomic E-state index is 13.3. The molecule has 0 atom stereocenters. The predicted molar refractivity (Wildman–Crippen MR) is 76.5 cm³/mol. The fourth-order valence-electron chi connectivity index (χ4n) is 1.99. The summed E-state index contributed by atoms with van der Waals surface area (Å²) >= 11 is 5.77. The van der Waals surface area contributed by atoms with E-state index in [-0.39, 0.29) is 16.4 Å². The molecule has 0 saturated carbocycles. The molecule has 2 aromatic heterocycles. The molecule has 3 aromatic rings. The minimum atomic E-state index is -1.22. The SMILES string of the molecule is O=C(O)c1nnn(-c2ccc(F)c(Cl)c2)c1-c1cccnc1. The van der Waals surface area contributed by atoms with E-state index in [0.717, 1.165) is 0 Å². The van der Waals surface area contributed by atoms with Gasteiger partial charge >= 0.3 is 5.97 Å². The molecule has 0 unspecified atom stereocenters. The van der Waals surface area contributed by atoms with Gasteiger partial charge in [-0.05, 0) is 30.3 Å². The van der Waals surface area contributed by atoms with E-state index < -0.39 is 11.8 Å². The van der Waals surface area contributed by atoms with Gasteiger partial charge in [0.1, 0.15) is 11.5 Å². The van der Waals surface area contributed by atoms with Gasteiger partial charge in [0.15, 0.2) is 5.69 Å². The van der Waals surface area contributed by atoms with Crippen LogP contribution in [-0.2, 0) is 0 Å². The summed E-state index contributed by atoms with van der Waals surface area (Å²) in [4.78, 5) is 15.3. The standard InChI is InChI=1S/C14H8ClFN4O2/c15-10-6-9(3-4-11(10)16)20-13(8-2-1-5-17-7-8)12(14(21)22)18-19-20/h1-7H,(H,21,22). The minimum Gasteiger partial charge on any atom is -0.476 e. The van der Waals surface area contributed by atoms with Crippen LogP contribution in [0.25, 0.3) is 16.9 Å². The second-order valence-corrected chi connectivity index (χ2v) is 4.75.